The van der Waals surface area contributed by atoms with E-state index in [1.54, 1.807) is 24.3 Å². The van der Waals surface area contributed by atoms with E-state index in [-0.39, 0.29) is 5.56 Å². The van der Waals surface area contributed by atoms with E-state index in [0.29, 0.717) is 24.5 Å². The number of ketones is 1. The number of nitrogens with one attached hydrogen (secondary N) is 1. The third-order valence-corrected chi connectivity index (χ3v) is 5.20. The van der Waals surface area contributed by atoms with Crippen LogP contribution in [0.3, 0.4) is 0 Å². The van der Waals surface area contributed by atoms with Gasteiger partial charge in [0.25, 0.3) is 5.91 Å². The number of halogens is 3. The van der Waals surface area contributed by atoms with E-state index in [2.05, 4.69) is 21.2 Å². The van der Waals surface area contributed by atoms with Crippen LogP contribution in [0.4, 0.5) is 13.6 Å². The maximum absolute atomic E-state index is 13.9. The van der Waals surface area contributed by atoms with Crippen molar-refractivity contribution in [1.29, 1.82) is 0 Å². The number of rotatable bonds is 6. The van der Waals surface area contributed by atoms with Gasteiger partial charge < -0.3 is 5.32 Å². The van der Waals surface area contributed by atoms with Crippen molar-refractivity contribution in [2.45, 2.75) is 25.3 Å². The van der Waals surface area contributed by atoms with Gasteiger partial charge >= 0.3 is 6.03 Å². The van der Waals surface area contributed by atoms with Gasteiger partial charge in [0.2, 0.25) is 0 Å². The zero-order valence-electron chi connectivity index (χ0n) is 15.0. The Hall–Kier alpha value is -2.61. The van der Waals surface area contributed by atoms with Crippen molar-refractivity contribution in [3.8, 4) is 0 Å². The van der Waals surface area contributed by atoms with E-state index in [4.69, 9.17) is 0 Å². The molecule has 0 aromatic heterocycles. The molecule has 3 rings (SSSR count). The van der Waals surface area contributed by atoms with Crippen molar-refractivity contribution in [1.82, 2.24) is 10.2 Å². The molecule has 5 nitrogen and oxygen atoms in total. The van der Waals surface area contributed by atoms with Crippen LogP contribution >= 0.6 is 15.9 Å². The molecule has 1 atom stereocenters. The van der Waals surface area contributed by atoms with Crippen LogP contribution in [0.15, 0.2) is 46.9 Å². The summed E-state index contributed by atoms with van der Waals surface area (Å²) in [5.74, 6) is -3.22. The van der Waals surface area contributed by atoms with Gasteiger partial charge in [-0.15, -0.1) is 0 Å². The molecule has 1 saturated heterocycles. The first-order chi connectivity index (χ1) is 13.3. The number of hydrogen-bond acceptors (Lipinski definition) is 3. The fraction of sp³-hybridized carbons (Fsp3) is 0.250. The van der Waals surface area contributed by atoms with Crippen molar-refractivity contribution in [3.05, 3.63) is 69.7 Å². The Kier molecular flexibility index (Phi) is 5.60. The number of carbonyl (C=O) groups excluding carboxylic acids is 3. The van der Waals surface area contributed by atoms with E-state index in [9.17, 15) is 23.2 Å². The molecule has 2 aromatic carbocycles. The highest BCUT2D eigenvalue weighted by Crippen LogP contribution is 2.34. The van der Waals surface area contributed by atoms with Crippen LogP contribution in [0, 0.1) is 11.6 Å². The normalized spacial score (nSPS) is 19.1. The van der Waals surface area contributed by atoms with Crippen LogP contribution in [0.5, 0.6) is 0 Å². The second kappa shape index (κ2) is 7.79. The van der Waals surface area contributed by atoms with Crippen molar-refractivity contribution < 1.29 is 23.2 Å². The van der Waals surface area contributed by atoms with Gasteiger partial charge in [-0.05, 0) is 36.2 Å². The lowest BCUT2D eigenvalue weighted by molar-refractivity contribution is -0.131. The third-order valence-electron chi connectivity index (χ3n) is 4.67. The number of amides is 3. The topological polar surface area (TPSA) is 66.5 Å². The van der Waals surface area contributed by atoms with Gasteiger partial charge in [0.15, 0.2) is 5.78 Å². The number of Topliss-reactive ketones (excluding diaryl/α,β-unsaturated/α-hetero) is 1. The van der Waals surface area contributed by atoms with E-state index in [1.165, 1.54) is 0 Å². The smallest absolute Gasteiger partial charge is 0.319 e. The molecule has 3 amide bonds. The number of carbonyl (C=O) groups is 3. The number of imide groups is 1. The number of nitrogens with zero attached hydrogens (tertiary/aromatic N) is 1. The molecule has 1 aliphatic rings. The standard InChI is InChI=1S/C20H17BrF2N2O3/c1-2-9-20(12-3-5-13(21)6-4-12)18(27)25(19(28)24-20)11-17(26)15-8-7-14(22)10-16(15)23/h3-8,10H,2,9,11H2,1H3,(H,24,28). The third kappa shape index (κ3) is 3.56. The Morgan fingerprint density at radius 2 is 1.82 bits per heavy atom. The van der Waals surface area contributed by atoms with Crippen molar-refractivity contribution in [2.24, 2.45) is 0 Å². The Morgan fingerprint density at radius 1 is 1.14 bits per heavy atom. The summed E-state index contributed by atoms with van der Waals surface area (Å²) in [4.78, 5) is 38.9. The average molecular weight is 451 g/mol. The van der Waals surface area contributed by atoms with Crippen molar-refractivity contribution >= 4 is 33.7 Å². The molecule has 0 bridgehead atoms. The molecule has 2 aromatic rings. The maximum atomic E-state index is 13.9. The van der Waals surface area contributed by atoms with Crippen molar-refractivity contribution in [3.63, 3.8) is 0 Å². The SMILES string of the molecule is CCCC1(c2ccc(Br)cc2)NC(=O)N(CC(=O)c2ccc(F)cc2F)C1=O. The number of urea groups is 1. The summed E-state index contributed by atoms with van der Waals surface area (Å²) in [6.45, 7) is 1.25. The van der Waals surface area contributed by atoms with Crippen LogP contribution in [-0.4, -0.2) is 29.2 Å². The molecular weight excluding hydrogens is 434 g/mol. The molecule has 1 N–H and O–H groups in total. The first kappa shape index (κ1) is 20.1. The van der Waals surface area contributed by atoms with Crippen LogP contribution in [0.25, 0.3) is 0 Å². The fourth-order valence-electron chi connectivity index (χ4n) is 3.33. The molecular formula is C20H17BrF2N2O3. The summed E-state index contributed by atoms with van der Waals surface area (Å²) >= 11 is 3.33. The van der Waals surface area contributed by atoms with Crippen LogP contribution in [-0.2, 0) is 10.3 Å². The highest BCUT2D eigenvalue weighted by molar-refractivity contribution is 9.10. The molecule has 1 aliphatic heterocycles. The number of benzene rings is 2. The Labute approximate surface area is 168 Å². The molecule has 8 heteroatoms. The van der Waals surface area contributed by atoms with Gasteiger partial charge in [0.1, 0.15) is 17.2 Å². The summed E-state index contributed by atoms with van der Waals surface area (Å²) in [5, 5.41) is 2.70. The summed E-state index contributed by atoms with van der Waals surface area (Å²) in [5.41, 5.74) is -1.06. The molecule has 1 fully saturated rings. The molecule has 0 aliphatic carbocycles. The first-order valence-electron chi connectivity index (χ1n) is 8.67. The molecule has 1 unspecified atom stereocenters. The number of hydrogen-bond donors (Lipinski definition) is 1. The minimum Gasteiger partial charge on any atom is -0.319 e. The quantitative estimate of drug-likeness (QED) is 0.530. The minimum absolute atomic E-state index is 0.342. The Bertz CT molecular complexity index is 949. The predicted octanol–water partition coefficient (Wildman–Crippen LogP) is 4.16. The Balaban J connectivity index is 1.91. The van der Waals surface area contributed by atoms with E-state index < -0.39 is 41.4 Å². The second-order valence-electron chi connectivity index (χ2n) is 6.53. The average Bonchev–Trinajstić information content (AvgIpc) is 2.87. The molecule has 1 heterocycles. The van der Waals surface area contributed by atoms with Gasteiger partial charge in [-0.3, -0.25) is 14.5 Å². The van der Waals surface area contributed by atoms with Gasteiger partial charge in [-0.25, -0.2) is 13.6 Å². The molecule has 28 heavy (non-hydrogen) atoms. The molecule has 0 saturated carbocycles. The van der Waals surface area contributed by atoms with Gasteiger partial charge in [-0.2, -0.15) is 0 Å². The van der Waals surface area contributed by atoms with Crippen LogP contribution < -0.4 is 5.32 Å². The first-order valence-corrected chi connectivity index (χ1v) is 9.46. The lowest BCUT2D eigenvalue weighted by Gasteiger charge is -2.27. The van der Waals surface area contributed by atoms with E-state index in [0.717, 1.165) is 21.5 Å². The highest BCUT2D eigenvalue weighted by atomic mass is 79.9. The van der Waals surface area contributed by atoms with E-state index in [1.807, 2.05) is 6.92 Å². The van der Waals surface area contributed by atoms with E-state index >= 15 is 0 Å². The lowest BCUT2D eigenvalue weighted by Crippen LogP contribution is -2.44. The maximum Gasteiger partial charge on any atom is 0.325 e. The second-order valence-corrected chi connectivity index (χ2v) is 7.45. The zero-order chi connectivity index (χ0) is 20.5. The van der Waals surface area contributed by atoms with Crippen LogP contribution in [0.2, 0.25) is 0 Å². The largest absolute Gasteiger partial charge is 0.325 e. The summed E-state index contributed by atoms with van der Waals surface area (Å²) < 4.78 is 27.8. The molecule has 0 spiro atoms. The zero-order valence-corrected chi connectivity index (χ0v) is 16.6. The van der Waals surface area contributed by atoms with Gasteiger partial charge in [0.05, 0.1) is 12.1 Å². The van der Waals surface area contributed by atoms with Gasteiger partial charge in [0, 0.05) is 10.5 Å². The molecule has 146 valence electrons. The van der Waals surface area contributed by atoms with Crippen LogP contribution in [0.1, 0.15) is 35.7 Å². The fourth-order valence-corrected chi connectivity index (χ4v) is 3.60. The summed E-state index contributed by atoms with van der Waals surface area (Å²) in [6.07, 6.45) is 0.950. The van der Waals surface area contributed by atoms with Gasteiger partial charge in [-0.1, -0.05) is 41.4 Å². The minimum atomic E-state index is -1.28. The molecule has 0 radical (unpaired) electrons. The highest BCUT2D eigenvalue weighted by Gasteiger charge is 2.52. The monoisotopic (exact) mass is 450 g/mol. The van der Waals surface area contributed by atoms with Crippen molar-refractivity contribution in [2.75, 3.05) is 6.54 Å². The Morgan fingerprint density at radius 3 is 2.43 bits per heavy atom. The summed E-state index contributed by atoms with van der Waals surface area (Å²) in [6, 6.07) is 8.78. The predicted molar refractivity (Wildman–Crippen MR) is 102 cm³/mol. The lowest BCUT2D eigenvalue weighted by atomic mass is 9.85. The summed E-state index contributed by atoms with van der Waals surface area (Å²) in [7, 11) is 0.